The summed E-state index contributed by atoms with van der Waals surface area (Å²) in [6.07, 6.45) is 2.90. The molecule has 25 heavy (non-hydrogen) atoms. The van der Waals surface area contributed by atoms with Crippen LogP contribution in [0.5, 0.6) is 5.75 Å². The molecule has 0 bridgehead atoms. The summed E-state index contributed by atoms with van der Waals surface area (Å²) in [7, 11) is 1.64. The molecule has 7 heteroatoms. The molecule has 0 saturated heterocycles. The zero-order valence-electron chi connectivity index (χ0n) is 14.2. The van der Waals surface area contributed by atoms with Crippen molar-refractivity contribution in [3.8, 4) is 17.1 Å². The molecule has 3 N–H and O–H groups in total. The van der Waals surface area contributed by atoms with Gasteiger partial charge in [0, 0.05) is 11.6 Å². The number of benzene rings is 1. The molecule has 0 spiro atoms. The highest BCUT2D eigenvalue weighted by atomic mass is 16.5. The fourth-order valence-electron chi connectivity index (χ4n) is 3.38. The number of nitrogens with one attached hydrogen (secondary N) is 2. The van der Waals surface area contributed by atoms with Crippen LogP contribution >= 0.6 is 0 Å². The van der Waals surface area contributed by atoms with Crippen molar-refractivity contribution in [3.05, 3.63) is 30.6 Å². The van der Waals surface area contributed by atoms with Gasteiger partial charge in [0.1, 0.15) is 23.4 Å². The third-order valence-corrected chi connectivity index (χ3v) is 4.81. The van der Waals surface area contributed by atoms with E-state index in [1.807, 2.05) is 24.3 Å². The van der Waals surface area contributed by atoms with Crippen molar-refractivity contribution in [1.29, 1.82) is 0 Å². The van der Waals surface area contributed by atoms with Crippen LogP contribution < -0.4 is 10.1 Å². The summed E-state index contributed by atoms with van der Waals surface area (Å²) in [5, 5.41) is 13.4. The van der Waals surface area contributed by atoms with E-state index in [2.05, 4.69) is 32.2 Å². The molecule has 1 aliphatic carbocycles. The third-order valence-electron chi connectivity index (χ3n) is 4.81. The van der Waals surface area contributed by atoms with Crippen LogP contribution in [-0.2, 0) is 0 Å². The van der Waals surface area contributed by atoms with Crippen molar-refractivity contribution in [2.24, 2.45) is 5.92 Å². The largest absolute Gasteiger partial charge is 0.497 e. The molecular formula is C18H21N5O2. The molecule has 1 aromatic carbocycles. The smallest absolute Gasteiger partial charge is 0.183 e. The van der Waals surface area contributed by atoms with Gasteiger partial charge in [-0.2, -0.15) is 0 Å². The Hall–Kier alpha value is -2.67. The van der Waals surface area contributed by atoms with Crippen LogP contribution in [0, 0.1) is 5.92 Å². The predicted molar refractivity (Wildman–Crippen MR) is 95.5 cm³/mol. The Morgan fingerprint density at radius 2 is 2.16 bits per heavy atom. The quantitative estimate of drug-likeness (QED) is 0.676. The van der Waals surface area contributed by atoms with Crippen LogP contribution in [0.15, 0.2) is 30.6 Å². The summed E-state index contributed by atoms with van der Waals surface area (Å²) < 4.78 is 5.28. The first-order valence-corrected chi connectivity index (χ1v) is 8.44. The number of ether oxygens (including phenoxy) is 1. The van der Waals surface area contributed by atoms with E-state index in [9.17, 15) is 5.11 Å². The lowest BCUT2D eigenvalue weighted by molar-refractivity contribution is 0.141. The van der Waals surface area contributed by atoms with E-state index in [1.165, 1.54) is 6.33 Å². The summed E-state index contributed by atoms with van der Waals surface area (Å²) in [5.41, 5.74) is 2.31. The van der Waals surface area contributed by atoms with Crippen LogP contribution in [0.3, 0.4) is 0 Å². The number of imidazole rings is 1. The van der Waals surface area contributed by atoms with Crippen LogP contribution in [0.4, 0.5) is 5.82 Å². The number of aliphatic hydroxyl groups is 1. The van der Waals surface area contributed by atoms with Crippen LogP contribution in [-0.4, -0.2) is 44.3 Å². The van der Waals surface area contributed by atoms with Gasteiger partial charge in [-0.05, 0) is 30.9 Å². The van der Waals surface area contributed by atoms with Crippen molar-refractivity contribution in [1.82, 2.24) is 19.9 Å². The Morgan fingerprint density at radius 1 is 1.28 bits per heavy atom. The molecule has 3 atom stereocenters. The number of hydrogen-bond acceptors (Lipinski definition) is 6. The summed E-state index contributed by atoms with van der Waals surface area (Å²) >= 11 is 0. The Balaban J connectivity index is 1.66. The van der Waals surface area contributed by atoms with Gasteiger partial charge in [-0.25, -0.2) is 15.0 Å². The lowest BCUT2D eigenvalue weighted by atomic mass is 10.1. The number of H-pyrrole nitrogens is 1. The Kier molecular flexibility index (Phi) is 4.01. The predicted octanol–water partition coefficient (Wildman–Crippen LogP) is 2.60. The van der Waals surface area contributed by atoms with E-state index in [-0.39, 0.29) is 12.1 Å². The Labute approximate surface area is 145 Å². The van der Waals surface area contributed by atoms with E-state index in [1.54, 1.807) is 7.11 Å². The Bertz CT molecular complexity index is 884. The fraction of sp³-hybridized carbons (Fsp3) is 0.389. The topological polar surface area (TPSA) is 96.0 Å². The standard InChI is InChI=1S/C18H21N5O2/c1-10-6-12(8-14(10)24)21-17-15-18(20-9-19-17)23-16(22-15)11-4-3-5-13(7-11)25-2/h3-5,7,9-10,12,14,24H,6,8H2,1-2H3,(H2,19,20,21,22,23)/t10-,12+,14-/m0/s1. The number of methoxy groups -OCH3 is 1. The third kappa shape index (κ3) is 3.02. The number of fused-ring (bicyclic) bond motifs is 1. The monoisotopic (exact) mass is 339 g/mol. The van der Waals surface area contributed by atoms with Gasteiger partial charge in [0.2, 0.25) is 0 Å². The van der Waals surface area contributed by atoms with Crippen LogP contribution in [0.1, 0.15) is 19.8 Å². The first-order valence-electron chi connectivity index (χ1n) is 8.44. The van der Waals surface area contributed by atoms with Gasteiger partial charge in [-0.1, -0.05) is 19.1 Å². The lowest BCUT2D eigenvalue weighted by Gasteiger charge is -2.12. The second kappa shape index (κ2) is 6.33. The number of hydrogen-bond donors (Lipinski definition) is 3. The van der Waals surface area contributed by atoms with E-state index in [4.69, 9.17) is 4.74 Å². The molecular weight excluding hydrogens is 318 g/mol. The lowest BCUT2D eigenvalue weighted by Crippen LogP contribution is -2.17. The van der Waals surface area contributed by atoms with Gasteiger partial charge >= 0.3 is 0 Å². The maximum atomic E-state index is 9.96. The number of rotatable bonds is 4. The van der Waals surface area contributed by atoms with Gasteiger partial charge in [-0.15, -0.1) is 0 Å². The molecule has 0 unspecified atom stereocenters. The molecule has 2 aromatic heterocycles. The maximum Gasteiger partial charge on any atom is 0.183 e. The average molecular weight is 339 g/mol. The van der Waals surface area contributed by atoms with Gasteiger partial charge in [0.05, 0.1) is 13.2 Å². The molecule has 2 heterocycles. The molecule has 1 saturated carbocycles. The highest BCUT2D eigenvalue weighted by molar-refractivity contribution is 5.85. The minimum absolute atomic E-state index is 0.201. The van der Waals surface area contributed by atoms with E-state index in [0.717, 1.165) is 41.3 Å². The molecule has 3 aromatic rings. The summed E-state index contributed by atoms with van der Waals surface area (Å²) in [5.74, 6) is 2.51. The van der Waals surface area contributed by atoms with Crippen molar-refractivity contribution in [2.45, 2.75) is 31.9 Å². The second-order valence-corrected chi connectivity index (χ2v) is 6.60. The highest BCUT2D eigenvalue weighted by Crippen LogP contribution is 2.30. The minimum atomic E-state index is -0.260. The maximum absolute atomic E-state index is 9.96. The fourth-order valence-corrected chi connectivity index (χ4v) is 3.38. The van der Waals surface area contributed by atoms with E-state index >= 15 is 0 Å². The van der Waals surface area contributed by atoms with Crippen LogP contribution in [0.25, 0.3) is 22.6 Å². The second-order valence-electron chi connectivity index (χ2n) is 6.60. The minimum Gasteiger partial charge on any atom is -0.497 e. The number of aliphatic hydroxyl groups excluding tert-OH is 1. The van der Waals surface area contributed by atoms with Gasteiger partial charge in [0.15, 0.2) is 11.5 Å². The van der Waals surface area contributed by atoms with Crippen molar-refractivity contribution >= 4 is 17.0 Å². The van der Waals surface area contributed by atoms with E-state index in [0.29, 0.717) is 11.6 Å². The van der Waals surface area contributed by atoms with Gasteiger partial charge in [-0.3, -0.25) is 0 Å². The van der Waals surface area contributed by atoms with Crippen molar-refractivity contribution in [3.63, 3.8) is 0 Å². The van der Waals surface area contributed by atoms with Crippen molar-refractivity contribution in [2.75, 3.05) is 12.4 Å². The number of aromatic amines is 1. The summed E-state index contributed by atoms with van der Waals surface area (Å²) in [6, 6.07) is 7.91. The molecule has 0 amide bonds. The molecule has 130 valence electrons. The summed E-state index contributed by atoms with van der Waals surface area (Å²) in [4.78, 5) is 16.5. The Morgan fingerprint density at radius 3 is 2.92 bits per heavy atom. The zero-order chi connectivity index (χ0) is 17.4. The van der Waals surface area contributed by atoms with Gasteiger partial charge < -0.3 is 20.1 Å². The summed E-state index contributed by atoms with van der Waals surface area (Å²) in [6.45, 7) is 2.07. The molecule has 7 nitrogen and oxygen atoms in total. The molecule has 1 fully saturated rings. The number of anilines is 1. The zero-order valence-corrected chi connectivity index (χ0v) is 14.2. The molecule has 0 aliphatic heterocycles. The SMILES string of the molecule is COc1cccc(-c2nc3ncnc(N[C@@H]4C[C@H](C)[C@@H](O)C4)c3[nH]2)c1. The first-order chi connectivity index (χ1) is 12.1. The number of aromatic nitrogens is 4. The average Bonchev–Trinajstić information content (AvgIpc) is 3.19. The normalized spacial score (nSPS) is 23.1. The molecule has 4 rings (SSSR count). The molecule has 0 radical (unpaired) electrons. The first kappa shape index (κ1) is 15.8. The molecule has 1 aliphatic rings. The van der Waals surface area contributed by atoms with E-state index < -0.39 is 0 Å². The van der Waals surface area contributed by atoms with Crippen LogP contribution in [0.2, 0.25) is 0 Å². The highest BCUT2D eigenvalue weighted by Gasteiger charge is 2.30. The van der Waals surface area contributed by atoms with Gasteiger partial charge in [0.25, 0.3) is 0 Å². The van der Waals surface area contributed by atoms with Crippen molar-refractivity contribution < 1.29 is 9.84 Å². The number of nitrogens with zero attached hydrogens (tertiary/aromatic N) is 3.